The molecule has 1 heterocycles. The number of carbonyl (C=O) groups is 1. The molecular formula is C17H15ClN2OS. The lowest BCUT2D eigenvalue weighted by atomic mass is 10.1. The third-order valence-corrected chi connectivity index (χ3v) is 4.85. The summed E-state index contributed by atoms with van der Waals surface area (Å²) in [5, 5.41) is 0.607. The maximum atomic E-state index is 12.3. The standard InChI is InChI=1S/C17H15ClN2OS/c1-10-8-11(2)15-14(9-10)22-17(20(15)3)19-16(21)12-4-6-13(18)7-5-12/h4-9H,1-3H3. The molecule has 3 aromatic rings. The molecule has 0 aliphatic rings. The molecule has 0 atom stereocenters. The molecule has 0 unspecified atom stereocenters. The number of nitrogens with zero attached hydrogens (tertiary/aromatic N) is 2. The topological polar surface area (TPSA) is 34.4 Å². The molecule has 0 aliphatic heterocycles. The number of hydrogen-bond acceptors (Lipinski definition) is 2. The van der Waals surface area contributed by atoms with Crippen molar-refractivity contribution in [3.05, 3.63) is 62.9 Å². The molecule has 3 rings (SSSR count). The van der Waals surface area contributed by atoms with Gasteiger partial charge in [-0.15, -0.1) is 0 Å². The summed E-state index contributed by atoms with van der Waals surface area (Å²) < 4.78 is 3.12. The van der Waals surface area contributed by atoms with Crippen molar-refractivity contribution in [3.8, 4) is 0 Å². The van der Waals surface area contributed by atoms with Crippen molar-refractivity contribution in [2.24, 2.45) is 12.0 Å². The minimum atomic E-state index is -0.256. The highest BCUT2D eigenvalue weighted by Crippen LogP contribution is 2.22. The van der Waals surface area contributed by atoms with E-state index in [2.05, 4.69) is 31.0 Å². The van der Waals surface area contributed by atoms with E-state index in [1.165, 1.54) is 22.5 Å². The van der Waals surface area contributed by atoms with Gasteiger partial charge in [-0.25, -0.2) is 0 Å². The summed E-state index contributed by atoms with van der Waals surface area (Å²) in [6, 6.07) is 11.0. The molecule has 0 saturated heterocycles. The minimum absolute atomic E-state index is 0.256. The van der Waals surface area contributed by atoms with E-state index in [-0.39, 0.29) is 5.91 Å². The number of rotatable bonds is 1. The summed E-state index contributed by atoms with van der Waals surface area (Å²) in [6.07, 6.45) is 0. The molecule has 1 aromatic heterocycles. The zero-order valence-corrected chi connectivity index (χ0v) is 14.1. The Morgan fingerprint density at radius 3 is 2.55 bits per heavy atom. The second-order valence-electron chi connectivity index (χ2n) is 5.30. The van der Waals surface area contributed by atoms with Crippen molar-refractivity contribution in [2.45, 2.75) is 13.8 Å². The lowest BCUT2D eigenvalue weighted by molar-refractivity contribution is 0.0998. The number of benzene rings is 2. The van der Waals surface area contributed by atoms with Crippen LogP contribution in [0, 0.1) is 13.8 Å². The van der Waals surface area contributed by atoms with Gasteiger partial charge in [-0.05, 0) is 55.3 Å². The van der Waals surface area contributed by atoms with E-state index in [0.29, 0.717) is 15.4 Å². The predicted molar refractivity (Wildman–Crippen MR) is 91.6 cm³/mol. The molecule has 0 saturated carbocycles. The van der Waals surface area contributed by atoms with E-state index < -0.39 is 0 Å². The summed E-state index contributed by atoms with van der Waals surface area (Å²) in [4.78, 5) is 17.3. The first kappa shape index (κ1) is 15.0. The van der Waals surface area contributed by atoms with Crippen LogP contribution in [0.25, 0.3) is 10.2 Å². The van der Waals surface area contributed by atoms with Crippen LogP contribution in [0.15, 0.2) is 41.4 Å². The molecule has 112 valence electrons. The van der Waals surface area contributed by atoms with Gasteiger partial charge in [-0.2, -0.15) is 4.99 Å². The number of carbonyl (C=O) groups excluding carboxylic acids is 1. The Kier molecular flexibility index (Phi) is 3.89. The van der Waals surface area contributed by atoms with Gasteiger partial charge >= 0.3 is 0 Å². The second kappa shape index (κ2) is 5.71. The highest BCUT2D eigenvalue weighted by molar-refractivity contribution is 7.16. The fourth-order valence-corrected chi connectivity index (χ4v) is 3.85. The van der Waals surface area contributed by atoms with Crippen LogP contribution in [0.5, 0.6) is 0 Å². The molecule has 2 aromatic carbocycles. The van der Waals surface area contributed by atoms with Gasteiger partial charge in [0.2, 0.25) is 0 Å². The van der Waals surface area contributed by atoms with Gasteiger partial charge in [0.25, 0.3) is 5.91 Å². The summed E-state index contributed by atoms with van der Waals surface area (Å²) >= 11 is 7.37. The average molecular weight is 331 g/mol. The summed E-state index contributed by atoms with van der Waals surface area (Å²) in [5.74, 6) is -0.256. The second-order valence-corrected chi connectivity index (χ2v) is 6.74. The van der Waals surface area contributed by atoms with Gasteiger partial charge in [0, 0.05) is 17.6 Å². The SMILES string of the molecule is Cc1cc(C)c2c(c1)sc(=NC(=O)c1ccc(Cl)cc1)n2C. The summed E-state index contributed by atoms with van der Waals surface area (Å²) in [5.41, 5.74) is 4.06. The highest BCUT2D eigenvalue weighted by atomic mass is 35.5. The average Bonchev–Trinajstić information content (AvgIpc) is 2.75. The predicted octanol–water partition coefficient (Wildman–Crippen LogP) is 4.25. The monoisotopic (exact) mass is 330 g/mol. The lowest BCUT2D eigenvalue weighted by Crippen LogP contribution is -2.13. The largest absolute Gasteiger partial charge is 0.319 e. The van der Waals surface area contributed by atoms with E-state index in [1.807, 2.05) is 11.6 Å². The Labute approximate surface area is 137 Å². The van der Waals surface area contributed by atoms with Crippen LogP contribution in [0.2, 0.25) is 5.02 Å². The first-order valence-corrected chi connectivity index (χ1v) is 8.06. The van der Waals surface area contributed by atoms with Crippen molar-refractivity contribution in [3.63, 3.8) is 0 Å². The molecule has 0 spiro atoms. The molecule has 3 nitrogen and oxygen atoms in total. The number of hydrogen-bond donors (Lipinski definition) is 0. The van der Waals surface area contributed by atoms with E-state index in [0.717, 1.165) is 10.2 Å². The molecule has 0 bridgehead atoms. The van der Waals surface area contributed by atoms with E-state index in [1.54, 1.807) is 24.3 Å². The molecular weight excluding hydrogens is 316 g/mol. The van der Waals surface area contributed by atoms with Gasteiger partial charge < -0.3 is 4.57 Å². The smallest absolute Gasteiger partial charge is 0.279 e. The molecule has 0 radical (unpaired) electrons. The van der Waals surface area contributed by atoms with Crippen LogP contribution in [0.4, 0.5) is 0 Å². The highest BCUT2D eigenvalue weighted by Gasteiger charge is 2.09. The van der Waals surface area contributed by atoms with Crippen LogP contribution >= 0.6 is 22.9 Å². The fraction of sp³-hybridized carbons (Fsp3) is 0.176. The zero-order chi connectivity index (χ0) is 15.9. The zero-order valence-electron chi connectivity index (χ0n) is 12.6. The van der Waals surface area contributed by atoms with Gasteiger partial charge in [-0.3, -0.25) is 4.79 Å². The van der Waals surface area contributed by atoms with Crippen molar-refractivity contribution in [1.29, 1.82) is 0 Å². The molecule has 0 fully saturated rings. The van der Waals surface area contributed by atoms with Gasteiger partial charge in [0.15, 0.2) is 4.80 Å². The van der Waals surface area contributed by atoms with E-state index >= 15 is 0 Å². The number of aromatic nitrogens is 1. The Morgan fingerprint density at radius 2 is 1.86 bits per heavy atom. The normalized spacial score (nSPS) is 12.1. The molecule has 0 aliphatic carbocycles. The van der Waals surface area contributed by atoms with Crippen LogP contribution < -0.4 is 4.80 Å². The molecule has 5 heteroatoms. The Hall–Kier alpha value is -1.91. The number of thiazole rings is 1. The first-order chi connectivity index (χ1) is 10.5. The molecule has 0 N–H and O–H groups in total. The maximum absolute atomic E-state index is 12.3. The van der Waals surface area contributed by atoms with Gasteiger partial charge in [0.1, 0.15) is 0 Å². The van der Waals surface area contributed by atoms with Crippen LogP contribution in [-0.4, -0.2) is 10.5 Å². The van der Waals surface area contributed by atoms with E-state index in [4.69, 9.17) is 11.6 Å². The van der Waals surface area contributed by atoms with Crippen LogP contribution in [0.1, 0.15) is 21.5 Å². The summed E-state index contributed by atoms with van der Waals surface area (Å²) in [7, 11) is 1.94. The quantitative estimate of drug-likeness (QED) is 0.656. The number of halogens is 1. The third-order valence-electron chi connectivity index (χ3n) is 3.52. The minimum Gasteiger partial charge on any atom is -0.319 e. The summed E-state index contributed by atoms with van der Waals surface area (Å²) in [6.45, 7) is 4.15. The number of amides is 1. The van der Waals surface area contributed by atoms with Crippen LogP contribution in [0.3, 0.4) is 0 Å². The number of aryl methyl sites for hydroxylation is 3. The van der Waals surface area contributed by atoms with Crippen molar-refractivity contribution in [2.75, 3.05) is 0 Å². The van der Waals surface area contributed by atoms with E-state index in [9.17, 15) is 4.79 Å². The lowest BCUT2D eigenvalue weighted by Gasteiger charge is -2.01. The third kappa shape index (κ3) is 2.72. The van der Waals surface area contributed by atoms with Crippen molar-refractivity contribution in [1.82, 2.24) is 4.57 Å². The maximum Gasteiger partial charge on any atom is 0.279 e. The Balaban J connectivity index is 2.13. The fourth-order valence-electron chi connectivity index (χ4n) is 2.53. The Morgan fingerprint density at radius 1 is 1.18 bits per heavy atom. The van der Waals surface area contributed by atoms with Crippen molar-refractivity contribution >= 4 is 39.1 Å². The Bertz CT molecular complexity index is 936. The van der Waals surface area contributed by atoms with Crippen molar-refractivity contribution < 1.29 is 4.79 Å². The number of fused-ring (bicyclic) bond motifs is 1. The molecule has 22 heavy (non-hydrogen) atoms. The first-order valence-electron chi connectivity index (χ1n) is 6.87. The van der Waals surface area contributed by atoms with Crippen LogP contribution in [-0.2, 0) is 7.05 Å². The molecule has 1 amide bonds. The van der Waals surface area contributed by atoms with Gasteiger partial charge in [-0.1, -0.05) is 29.0 Å². The van der Waals surface area contributed by atoms with Gasteiger partial charge in [0.05, 0.1) is 10.2 Å².